The van der Waals surface area contributed by atoms with Crippen LogP contribution in [0.1, 0.15) is 31.2 Å². The predicted octanol–water partition coefficient (Wildman–Crippen LogP) is 1.93. The Morgan fingerprint density at radius 1 is 1.26 bits per heavy atom. The van der Waals surface area contributed by atoms with E-state index in [9.17, 15) is 8.42 Å². The van der Waals surface area contributed by atoms with Gasteiger partial charge in [0.15, 0.2) is 0 Å². The summed E-state index contributed by atoms with van der Waals surface area (Å²) in [6.07, 6.45) is 6.50. The number of rotatable bonds is 3. The zero-order valence-corrected chi connectivity index (χ0v) is 11.5. The fourth-order valence-electron chi connectivity index (χ4n) is 2.84. The molecule has 1 aromatic carbocycles. The van der Waals surface area contributed by atoms with Gasteiger partial charge in [-0.3, -0.25) is 0 Å². The monoisotopic (exact) mass is 278 g/mol. The van der Waals surface area contributed by atoms with Gasteiger partial charge in [0.25, 0.3) is 0 Å². The maximum absolute atomic E-state index is 12.4. The van der Waals surface area contributed by atoms with E-state index in [0.29, 0.717) is 33.6 Å². The van der Waals surface area contributed by atoms with Gasteiger partial charge < -0.3 is 11.1 Å². The van der Waals surface area contributed by atoms with Crippen molar-refractivity contribution in [1.29, 1.82) is 0 Å². The molecule has 0 atom stereocenters. The van der Waals surface area contributed by atoms with Gasteiger partial charge in [-0.25, -0.2) is 8.42 Å². The minimum atomic E-state index is -3.31. The van der Waals surface area contributed by atoms with Crippen molar-refractivity contribution in [2.24, 2.45) is 0 Å². The van der Waals surface area contributed by atoms with Crippen LogP contribution in [-0.4, -0.2) is 21.0 Å². The van der Waals surface area contributed by atoms with Gasteiger partial charge in [-0.15, -0.1) is 0 Å². The molecule has 0 amide bonds. The highest BCUT2D eigenvalue weighted by atomic mass is 32.2. The largest absolute Gasteiger partial charge is 0.399 e. The molecular formula is C14H18N2O2S. The lowest BCUT2D eigenvalue weighted by molar-refractivity contribution is 0.550. The maximum Gasteiger partial charge on any atom is 0.204 e. The molecule has 19 heavy (non-hydrogen) atoms. The highest BCUT2D eigenvalue weighted by molar-refractivity contribution is 7.95. The van der Waals surface area contributed by atoms with Gasteiger partial charge in [0.1, 0.15) is 0 Å². The summed E-state index contributed by atoms with van der Waals surface area (Å²) in [5, 5.41) is 3.35. The van der Waals surface area contributed by atoms with Crippen LogP contribution in [0.5, 0.6) is 0 Å². The average Bonchev–Trinajstić information content (AvgIpc) is 2.93. The first-order valence-corrected chi connectivity index (χ1v) is 8.14. The average molecular weight is 278 g/mol. The van der Waals surface area contributed by atoms with Crippen LogP contribution in [0, 0.1) is 0 Å². The SMILES string of the molecule is Nc1ccc2c(c1)C=C(CNC1CCCC1)S2(=O)=O. The Hall–Kier alpha value is -1.33. The number of fused-ring (bicyclic) bond motifs is 1. The Morgan fingerprint density at radius 3 is 2.74 bits per heavy atom. The van der Waals surface area contributed by atoms with Crippen LogP contribution in [0.25, 0.3) is 6.08 Å². The van der Waals surface area contributed by atoms with Crippen LogP contribution in [0.4, 0.5) is 5.69 Å². The number of nitrogen functional groups attached to an aromatic ring is 1. The molecule has 1 heterocycles. The zero-order chi connectivity index (χ0) is 13.5. The number of hydrogen-bond donors (Lipinski definition) is 2. The number of anilines is 1. The molecule has 3 rings (SSSR count). The molecule has 0 aromatic heterocycles. The van der Waals surface area contributed by atoms with E-state index >= 15 is 0 Å². The summed E-state index contributed by atoms with van der Waals surface area (Å²) < 4.78 is 24.7. The molecule has 0 radical (unpaired) electrons. The molecular weight excluding hydrogens is 260 g/mol. The van der Waals surface area contributed by atoms with Gasteiger partial charge >= 0.3 is 0 Å². The standard InChI is InChI=1S/C14H18N2O2S/c15-11-5-6-14-10(7-11)8-13(19(14,17)18)9-16-12-3-1-2-4-12/h5-8,12,16H,1-4,9,15H2. The van der Waals surface area contributed by atoms with Crippen LogP contribution < -0.4 is 11.1 Å². The van der Waals surface area contributed by atoms with Crippen molar-refractivity contribution in [3.8, 4) is 0 Å². The second kappa shape index (κ2) is 4.65. The third-order valence-corrected chi connectivity index (χ3v) is 5.81. The first-order chi connectivity index (χ1) is 9.07. The fourth-order valence-corrected chi connectivity index (χ4v) is 4.35. The summed E-state index contributed by atoms with van der Waals surface area (Å²) in [5.41, 5.74) is 7.00. The summed E-state index contributed by atoms with van der Waals surface area (Å²) in [4.78, 5) is 0.838. The smallest absolute Gasteiger partial charge is 0.204 e. The van der Waals surface area contributed by atoms with Gasteiger partial charge in [0.05, 0.1) is 9.80 Å². The topological polar surface area (TPSA) is 72.2 Å². The molecule has 1 aliphatic carbocycles. The summed E-state index contributed by atoms with van der Waals surface area (Å²) in [6.45, 7) is 0.418. The van der Waals surface area contributed by atoms with Gasteiger partial charge in [-0.2, -0.15) is 0 Å². The highest BCUT2D eigenvalue weighted by Crippen LogP contribution is 2.33. The minimum absolute atomic E-state index is 0.380. The van der Waals surface area contributed by atoms with Crippen molar-refractivity contribution in [3.05, 3.63) is 28.7 Å². The summed E-state index contributed by atoms with van der Waals surface area (Å²) in [6, 6.07) is 5.41. The Labute approximate surface area is 113 Å². The van der Waals surface area contributed by atoms with Crippen LogP contribution >= 0.6 is 0 Å². The van der Waals surface area contributed by atoms with Crippen LogP contribution in [0.15, 0.2) is 28.0 Å². The Bertz CT molecular complexity index is 629. The summed E-state index contributed by atoms with van der Waals surface area (Å²) >= 11 is 0. The third-order valence-electron chi connectivity index (χ3n) is 3.91. The van der Waals surface area contributed by atoms with E-state index in [1.807, 2.05) is 0 Å². The molecule has 0 bridgehead atoms. The second-order valence-corrected chi connectivity index (χ2v) is 7.24. The quantitative estimate of drug-likeness (QED) is 0.829. The predicted molar refractivity (Wildman–Crippen MR) is 76.3 cm³/mol. The second-order valence-electron chi connectivity index (χ2n) is 5.27. The van der Waals surface area contributed by atoms with Crippen molar-refractivity contribution in [1.82, 2.24) is 5.32 Å². The van der Waals surface area contributed by atoms with Crippen molar-refractivity contribution in [2.45, 2.75) is 36.6 Å². The van der Waals surface area contributed by atoms with Gasteiger partial charge in [-0.1, -0.05) is 12.8 Å². The Kier molecular flexibility index (Phi) is 3.11. The van der Waals surface area contributed by atoms with E-state index in [1.165, 1.54) is 12.8 Å². The van der Waals surface area contributed by atoms with Crippen LogP contribution in [0.2, 0.25) is 0 Å². The molecule has 102 valence electrons. The molecule has 4 nitrogen and oxygen atoms in total. The van der Waals surface area contributed by atoms with Crippen molar-refractivity contribution >= 4 is 21.6 Å². The Balaban J connectivity index is 1.81. The number of nitrogens with one attached hydrogen (secondary N) is 1. The van der Waals surface area contributed by atoms with E-state index in [2.05, 4.69) is 5.32 Å². The lowest BCUT2D eigenvalue weighted by Gasteiger charge is -2.12. The van der Waals surface area contributed by atoms with Crippen LogP contribution in [-0.2, 0) is 9.84 Å². The zero-order valence-electron chi connectivity index (χ0n) is 10.7. The first kappa shape index (κ1) is 12.7. The third kappa shape index (κ3) is 2.28. The number of hydrogen-bond acceptors (Lipinski definition) is 4. The Morgan fingerprint density at radius 2 is 2.00 bits per heavy atom. The summed E-state index contributed by atoms with van der Waals surface area (Å²) in [5.74, 6) is 0. The van der Waals surface area contributed by atoms with Gasteiger partial charge in [0, 0.05) is 18.3 Å². The summed E-state index contributed by atoms with van der Waals surface area (Å²) in [7, 11) is -3.31. The van der Waals surface area contributed by atoms with E-state index in [4.69, 9.17) is 5.73 Å². The molecule has 2 aliphatic rings. The molecule has 0 spiro atoms. The maximum atomic E-state index is 12.4. The molecule has 1 aromatic rings. The highest BCUT2D eigenvalue weighted by Gasteiger charge is 2.29. The first-order valence-electron chi connectivity index (χ1n) is 6.66. The number of sulfone groups is 1. The van der Waals surface area contributed by atoms with Crippen molar-refractivity contribution < 1.29 is 8.42 Å². The number of benzene rings is 1. The van der Waals surface area contributed by atoms with Crippen molar-refractivity contribution in [3.63, 3.8) is 0 Å². The van der Waals surface area contributed by atoms with E-state index in [0.717, 1.165) is 12.8 Å². The van der Waals surface area contributed by atoms with E-state index in [-0.39, 0.29) is 0 Å². The normalized spacial score (nSPS) is 21.4. The molecule has 0 saturated heterocycles. The minimum Gasteiger partial charge on any atom is -0.399 e. The molecule has 3 N–H and O–H groups in total. The lowest BCUT2D eigenvalue weighted by Crippen LogP contribution is -2.29. The molecule has 0 unspecified atom stereocenters. The lowest BCUT2D eigenvalue weighted by atomic mass is 10.2. The number of nitrogens with two attached hydrogens (primary N) is 1. The van der Waals surface area contributed by atoms with E-state index in [1.54, 1.807) is 24.3 Å². The van der Waals surface area contributed by atoms with Crippen LogP contribution in [0.3, 0.4) is 0 Å². The fraction of sp³-hybridized carbons (Fsp3) is 0.429. The van der Waals surface area contributed by atoms with Crippen molar-refractivity contribution in [2.75, 3.05) is 12.3 Å². The van der Waals surface area contributed by atoms with Gasteiger partial charge in [0.2, 0.25) is 9.84 Å². The molecule has 1 saturated carbocycles. The molecule has 1 fully saturated rings. The van der Waals surface area contributed by atoms with Gasteiger partial charge in [-0.05, 0) is 42.7 Å². The molecule has 1 aliphatic heterocycles. The van der Waals surface area contributed by atoms with E-state index < -0.39 is 9.84 Å². The molecule has 5 heteroatoms.